The highest BCUT2D eigenvalue weighted by Gasteiger charge is 2.73. The number of esters is 1. The minimum atomic E-state index is -1.68. The monoisotopic (exact) mass is 482 g/mol. The second-order valence-corrected chi connectivity index (χ2v) is 10.3. The number of hydrogen-bond donors (Lipinski definition) is 2. The molecule has 1 aliphatic rings. The van der Waals surface area contributed by atoms with E-state index in [-0.39, 0.29) is 32.3 Å². The molecule has 0 spiro atoms. The summed E-state index contributed by atoms with van der Waals surface area (Å²) in [6, 6.07) is 0. The van der Waals surface area contributed by atoms with Crippen molar-refractivity contribution in [3.8, 4) is 0 Å². The van der Waals surface area contributed by atoms with Crippen LogP contribution in [-0.4, -0.2) is 34.7 Å². The van der Waals surface area contributed by atoms with E-state index >= 15 is 0 Å². The Kier molecular flexibility index (Phi) is 13.2. The first kappa shape index (κ1) is 30.4. The molecule has 0 saturated heterocycles. The van der Waals surface area contributed by atoms with E-state index in [0.717, 1.165) is 19.3 Å². The van der Waals surface area contributed by atoms with Crippen LogP contribution in [0.15, 0.2) is 0 Å². The highest BCUT2D eigenvalue weighted by molar-refractivity contribution is 5.94. The lowest BCUT2D eigenvalue weighted by molar-refractivity contribution is -0.214. The predicted molar refractivity (Wildman–Crippen MR) is 135 cm³/mol. The van der Waals surface area contributed by atoms with Crippen LogP contribution in [0.5, 0.6) is 0 Å². The molecule has 1 fully saturated rings. The summed E-state index contributed by atoms with van der Waals surface area (Å²) in [4.78, 5) is 38.7. The third-order valence-electron chi connectivity index (χ3n) is 8.72. The standard InChI is InChI=1S/C28H50O6/c1-5-9-10-11-12-13-14-15-16-17-18-22-34-25(33)27(7-3)21-19-20-26(6-2,23(29)30)28(27,8-4)24(31)32/h5-22H2,1-4H3,(H,29,30)(H,31,32). The molecule has 0 amide bonds. The van der Waals surface area contributed by atoms with Crippen LogP contribution in [0.25, 0.3) is 0 Å². The molecule has 6 heteroatoms. The van der Waals surface area contributed by atoms with Crippen LogP contribution in [-0.2, 0) is 19.1 Å². The number of carboxylic acid groups (broad SMARTS) is 2. The van der Waals surface area contributed by atoms with Crippen molar-refractivity contribution in [1.29, 1.82) is 0 Å². The van der Waals surface area contributed by atoms with Crippen molar-refractivity contribution in [1.82, 2.24) is 0 Å². The third-order valence-corrected chi connectivity index (χ3v) is 8.72. The van der Waals surface area contributed by atoms with E-state index < -0.39 is 34.2 Å². The highest BCUT2D eigenvalue weighted by Crippen LogP contribution is 2.65. The van der Waals surface area contributed by atoms with Gasteiger partial charge < -0.3 is 14.9 Å². The van der Waals surface area contributed by atoms with Gasteiger partial charge in [0.05, 0.1) is 22.9 Å². The van der Waals surface area contributed by atoms with Crippen LogP contribution in [0, 0.1) is 16.2 Å². The van der Waals surface area contributed by atoms with Gasteiger partial charge in [-0.3, -0.25) is 14.4 Å². The summed E-state index contributed by atoms with van der Waals surface area (Å²) in [6.07, 6.45) is 14.8. The van der Waals surface area contributed by atoms with Gasteiger partial charge in [-0.15, -0.1) is 0 Å². The summed E-state index contributed by atoms with van der Waals surface area (Å²) >= 11 is 0. The van der Waals surface area contributed by atoms with Gasteiger partial charge in [0.25, 0.3) is 0 Å². The Hall–Kier alpha value is -1.59. The third kappa shape index (κ3) is 6.15. The molecule has 198 valence electrons. The Balaban J connectivity index is 2.70. The van der Waals surface area contributed by atoms with Gasteiger partial charge >= 0.3 is 17.9 Å². The largest absolute Gasteiger partial charge is 0.481 e. The maximum absolute atomic E-state index is 13.5. The summed E-state index contributed by atoms with van der Waals surface area (Å²) in [5, 5.41) is 20.6. The van der Waals surface area contributed by atoms with Crippen molar-refractivity contribution < 1.29 is 29.3 Å². The van der Waals surface area contributed by atoms with Crippen LogP contribution in [0.1, 0.15) is 137 Å². The smallest absolute Gasteiger partial charge is 0.313 e. The molecule has 0 bridgehead atoms. The zero-order valence-electron chi connectivity index (χ0n) is 22.3. The summed E-state index contributed by atoms with van der Waals surface area (Å²) in [5.74, 6) is -2.83. The fourth-order valence-corrected chi connectivity index (χ4v) is 6.70. The normalized spacial score (nSPS) is 26.8. The second-order valence-electron chi connectivity index (χ2n) is 10.3. The number of rotatable bonds is 18. The number of carbonyl (C=O) groups is 3. The Morgan fingerprint density at radius 1 is 0.647 bits per heavy atom. The number of unbranched alkanes of at least 4 members (excludes halogenated alkanes) is 10. The molecule has 1 aliphatic carbocycles. The minimum absolute atomic E-state index is 0.0872. The highest BCUT2D eigenvalue weighted by atomic mass is 16.5. The molecule has 2 N–H and O–H groups in total. The van der Waals surface area contributed by atoms with Gasteiger partial charge in [0.1, 0.15) is 0 Å². The summed E-state index contributed by atoms with van der Waals surface area (Å²) in [5.41, 5.74) is -4.47. The molecule has 1 saturated carbocycles. The number of ether oxygens (including phenoxy) is 1. The van der Waals surface area contributed by atoms with Gasteiger partial charge in [-0.05, 0) is 38.5 Å². The van der Waals surface area contributed by atoms with Gasteiger partial charge in [-0.25, -0.2) is 0 Å². The first-order valence-corrected chi connectivity index (χ1v) is 13.9. The number of carboxylic acids is 2. The second kappa shape index (κ2) is 14.7. The molecule has 34 heavy (non-hydrogen) atoms. The lowest BCUT2D eigenvalue weighted by Gasteiger charge is -2.57. The zero-order valence-corrected chi connectivity index (χ0v) is 22.3. The van der Waals surface area contributed by atoms with E-state index in [9.17, 15) is 24.6 Å². The van der Waals surface area contributed by atoms with Crippen LogP contribution >= 0.6 is 0 Å². The fourth-order valence-electron chi connectivity index (χ4n) is 6.70. The summed E-state index contributed by atoms with van der Waals surface area (Å²) in [7, 11) is 0. The van der Waals surface area contributed by atoms with Gasteiger partial charge in [-0.1, -0.05) is 98.3 Å². The molecule has 3 unspecified atom stereocenters. The molecular weight excluding hydrogens is 432 g/mol. The molecule has 0 aromatic heterocycles. The van der Waals surface area contributed by atoms with Crippen molar-refractivity contribution in [2.24, 2.45) is 16.2 Å². The van der Waals surface area contributed by atoms with Gasteiger partial charge in [-0.2, -0.15) is 0 Å². The van der Waals surface area contributed by atoms with Crippen molar-refractivity contribution >= 4 is 17.9 Å². The zero-order chi connectivity index (χ0) is 25.7. The van der Waals surface area contributed by atoms with Gasteiger partial charge in [0.2, 0.25) is 0 Å². The quantitative estimate of drug-likeness (QED) is 0.156. The molecule has 6 nitrogen and oxygen atoms in total. The van der Waals surface area contributed by atoms with Crippen LogP contribution in [0.4, 0.5) is 0 Å². The van der Waals surface area contributed by atoms with Crippen molar-refractivity contribution in [2.75, 3.05) is 6.61 Å². The van der Waals surface area contributed by atoms with Crippen LogP contribution in [0.3, 0.4) is 0 Å². The van der Waals surface area contributed by atoms with Crippen molar-refractivity contribution in [2.45, 2.75) is 137 Å². The molecule has 0 aromatic carbocycles. The van der Waals surface area contributed by atoms with E-state index in [4.69, 9.17) is 4.74 Å². The Bertz CT molecular complexity index is 647. The average Bonchev–Trinajstić information content (AvgIpc) is 2.83. The molecule has 0 radical (unpaired) electrons. The van der Waals surface area contributed by atoms with E-state index in [0.29, 0.717) is 12.8 Å². The molecular formula is C28H50O6. The SMILES string of the molecule is CCCCCCCCCCCCCOC(=O)C1(CC)CCCC(CC)(C(=O)O)C1(CC)C(=O)O. The van der Waals surface area contributed by atoms with Crippen LogP contribution in [0.2, 0.25) is 0 Å². The number of aliphatic carboxylic acids is 2. The maximum Gasteiger partial charge on any atom is 0.313 e. The van der Waals surface area contributed by atoms with Gasteiger partial charge in [0, 0.05) is 0 Å². The predicted octanol–water partition coefficient (Wildman–Crippen LogP) is 7.38. The van der Waals surface area contributed by atoms with E-state index in [2.05, 4.69) is 6.92 Å². The molecule has 3 atom stereocenters. The fraction of sp³-hybridized carbons (Fsp3) is 0.893. The maximum atomic E-state index is 13.5. The number of hydrogen-bond acceptors (Lipinski definition) is 4. The van der Waals surface area contributed by atoms with Gasteiger partial charge in [0.15, 0.2) is 0 Å². The molecule has 0 heterocycles. The topological polar surface area (TPSA) is 101 Å². The van der Waals surface area contributed by atoms with Crippen LogP contribution < -0.4 is 0 Å². The number of carbonyl (C=O) groups excluding carboxylic acids is 1. The van der Waals surface area contributed by atoms with E-state index in [1.807, 2.05) is 0 Å². The van der Waals surface area contributed by atoms with Crippen molar-refractivity contribution in [3.05, 3.63) is 0 Å². The lowest BCUT2D eigenvalue weighted by atomic mass is 9.42. The average molecular weight is 483 g/mol. The molecule has 0 aliphatic heterocycles. The summed E-state index contributed by atoms with van der Waals surface area (Å²) < 4.78 is 5.69. The van der Waals surface area contributed by atoms with E-state index in [1.165, 1.54) is 51.4 Å². The summed E-state index contributed by atoms with van der Waals surface area (Å²) in [6.45, 7) is 7.72. The molecule has 0 aromatic rings. The Morgan fingerprint density at radius 2 is 1.12 bits per heavy atom. The first-order chi connectivity index (χ1) is 16.3. The Labute approximate surface area is 207 Å². The Morgan fingerprint density at radius 3 is 1.53 bits per heavy atom. The van der Waals surface area contributed by atoms with Crippen molar-refractivity contribution in [3.63, 3.8) is 0 Å². The van der Waals surface area contributed by atoms with E-state index in [1.54, 1.807) is 20.8 Å². The molecule has 1 rings (SSSR count). The first-order valence-electron chi connectivity index (χ1n) is 13.9. The lowest BCUT2D eigenvalue weighted by Crippen LogP contribution is -2.66. The minimum Gasteiger partial charge on any atom is -0.481 e.